The third-order valence-corrected chi connectivity index (χ3v) is 5.14. The van der Waals surface area contributed by atoms with E-state index in [1.807, 2.05) is 71.0 Å². The maximum atomic E-state index is 13.3. The summed E-state index contributed by atoms with van der Waals surface area (Å²) in [7, 11) is 1.61. The molecule has 0 aliphatic rings. The van der Waals surface area contributed by atoms with Crippen LogP contribution in [0.5, 0.6) is 11.5 Å². The summed E-state index contributed by atoms with van der Waals surface area (Å²) in [6, 6.07) is 12.8. The minimum atomic E-state index is -0.578. The average Bonchev–Trinajstić information content (AvgIpc) is 2.75. The quantitative estimate of drug-likeness (QED) is 0.567. The molecule has 2 aromatic rings. The lowest BCUT2D eigenvalue weighted by molar-refractivity contribution is -0.143. The van der Waals surface area contributed by atoms with Crippen LogP contribution in [0, 0.1) is 19.8 Å². The van der Waals surface area contributed by atoms with Gasteiger partial charge in [0.05, 0.1) is 7.11 Å². The predicted molar refractivity (Wildman–Crippen MR) is 127 cm³/mol. The summed E-state index contributed by atoms with van der Waals surface area (Å²) in [6.07, 6.45) is 0.509. The molecule has 0 heterocycles. The summed E-state index contributed by atoms with van der Waals surface area (Å²) < 4.78 is 11.0. The van der Waals surface area contributed by atoms with Crippen molar-refractivity contribution in [3.63, 3.8) is 0 Å². The second kappa shape index (κ2) is 12.1. The number of amides is 2. The largest absolute Gasteiger partial charge is 0.497 e. The number of methoxy groups -OCH3 is 1. The molecule has 0 saturated carbocycles. The van der Waals surface area contributed by atoms with Gasteiger partial charge in [-0.1, -0.05) is 39.0 Å². The second-order valence-corrected chi connectivity index (χ2v) is 8.54. The van der Waals surface area contributed by atoms with Gasteiger partial charge in [-0.25, -0.2) is 0 Å². The van der Waals surface area contributed by atoms with Crippen LogP contribution in [-0.2, 0) is 16.1 Å². The highest BCUT2D eigenvalue weighted by Crippen LogP contribution is 2.19. The van der Waals surface area contributed by atoms with Gasteiger partial charge >= 0.3 is 0 Å². The van der Waals surface area contributed by atoms with Gasteiger partial charge < -0.3 is 19.7 Å². The zero-order chi connectivity index (χ0) is 23.7. The molecule has 6 nitrogen and oxygen atoms in total. The molecule has 32 heavy (non-hydrogen) atoms. The predicted octanol–water partition coefficient (Wildman–Crippen LogP) is 4.27. The third-order valence-electron chi connectivity index (χ3n) is 5.14. The lowest BCUT2D eigenvalue weighted by atomic mass is 10.1. The van der Waals surface area contributed by atoms with E-state index in [9.17, 15) is 9.59 Å². The molecule has 0 fully saturated rings. The Hall–Kier alpha value is -3.02. The molecule has 2 aromatic carbocycles. The monoisotopic (exact) mass is 440 g/mol. The minimum absolute atomic E-state index is 0.132. The first kappa shape index (κ1) is 25.2. The first-order valence-electron chi connectivity index (χ1n) is 11.1. The Kier molecular flexibility index (Phi) is 9.57. The van der Waals surface area contributed by atoms with Crippen molar-refractivity contribution in [3.8, 4) is 11.5 Å². The number of carbonyl (C=O) groups excluding carboxylic acids is 2. The van der Waals surface area contributed by atoms with Crippen molar-refractivity contribution in [1.82, 2.24) is 10.2 Å². The lowest BCUT2D eigenvalue weighted by Crippen LogP contribution is -2.50. The van der Waals surface area contributed by atoms with Crippen molar-refractivity contribution in [2.24, 2.45) is 5.92 Å². The molecule has 174 valence electrons. The minimum Gasteiger partial charge on any atom is -0.497 e. The maximum absolute atomic E-state index is 13.3. The molecule has 0 aromatic heterocycles. The van der Waals surface area contributed by atoms with Gasteiger partial charge in [0.15, 0.2) is 6.61 Å². The van der Waals surface area contributed by atoms with Crippen molar-refractivity contribution in [1.29, 1.82) is 0 Å². The molecule has 0 unspecified atom stereocenters. The van der Waals surface area contributed by atoms with E-state index in [0.717, 1.165) is 22.4 Å². The fourth-order valence-electron chi connectivity index (χ4n) is 3.51. The van der Waals surface area contributed by atoms with Gasteiger partial charge in [0.1, 0.15) is 17.5 Å². The number of ether oxygens (including phenoxy) is 2. The first-order chi connectivity index (χ1) is 15.2. The molecule has 0 saturated heterocycles. The van der Waals surface area contributed by atoms with E-state index in [-0.39, 0.29) is 18.4 Å². The smallest absolute Gasteiger partial charge is 0.261 e. The molecule has 0 radical (unpaired) electrons. The van der Waals surface area contributed by atoms with Gasteiger partial charge in [-0.2, -0.15) is 0 Å². The van der Waals surface area contributed by atoms with E-state index in [1.165, 1.54) is 0 Å². The number of hydrogen-bond acceptors (Lipinski definition) is 4. The van der Waals surface area contributed by atoms with Crippen LogP contribution in [0.2, 0.25) is 0 Å². The number of carbonyl (C=O) groups is 2. The topological polar surface area (TPSA) is 67.9 Å². The molecule has 0 spiro atoms. The van der Waals surface area contributed by atoms with Gasteiger partial charge in [-0.05, 0) is 67.1 Å². The Morgan fingerprint density at radius 1 is 1.00 bits per heavy atom. The van der Waals surface area contributed by atoms with Gasteiger partial charge in [-0.3, -0.25) is 9.59 Å². The fraction of sp³-hybridized carbons (Fsp3) is 0.462. The Morgan fingerprint density at radius 2 is 1.62 bits per heavy atom. The van der Waals surface area contributed by atoms with Crippen LogP contribution < -0.4 is 14.8 Å². The van der Waals surface area contributed by atoms with E-state index >= 15 is 0 Å². The highest BCUT2D eigenvalue weighted by Gasteiger charge is 2.29. The van der Waals surface area contributed by atoms with Crippen LogP contribution in [0.4, 0.5) is 0 Å². The van der Waals surface area contributed by atoms with Crippen LogP contribution in [0.3, 0.4) is 0 Å². The van der Waals surface area contributed by atoms with Gasteiger partial charge in [0.2, 0.25) is 5.91 Å². The number of nitrogens with one attached hydrogen (secondary N) is 1. The SMILES string of the molecule is CC[C@@H](C(=O)NCC(C)C)N(Cc1ccc(OC)cc1)C(=O)COc1cc(C)cc(C)c1. The first-order valence-corrected chi connectivity index (χ1v) is 11.1. The normalized spacial score (nSPS) is 11.7. The highest BCUT2D eigenvalue weighted by molar-refractivity contribution is 5.88. The van der Waals surface area contributed by atoms with E-state index in [4.69, 9.17) is 9.47 Å². The number of rotatable bonds is 11. The molecule has 1 atom stereocenters. The average molecular weight is 441 g/mol. The molecular weight excluding hydrogens is 404 g/mol. The molecule has 0 bridgehead atoms. The molecule has 1 N–H and O–H groups in total. The van der Waals surface area contributed by atoms with Crippen molar-refractivity contribution >= 4 is 11.8 Å². The van der Waals surface area contributed by atoms with Crippen LogP contribution >= 0.6 is 0 Å². The van der Waals surface area contributed by atoms with Gasteiger partial charge in [0.25, 0.3) is 5.91 Å². The summed E-state index contributed by atoms with van der Waals surface area (Å²) in [5.74, 6) is 1.35. The van der Waals surface area contributed by atoms with Crippen LogP contribution in [0.1, 0.15) is 43.9 Å². The number of aryl methyl sites for hydroxylation is 2. The van der Waals surface area contributed by atoms with Gasteiger partial charge in [0, 0.05) is 13.1 Å². The molecule has 0 aliphatic carbocycles. The fourth-order valence-corrected chi connectivity index (χ4v) is 3.51. The highest BCUT2D eigenvalue weighted by atomic mass is 16.5. The Labute approximate surface area is 191 Å². The second-order valence-electron chi connectivity index (χ2n) is 8.54. The van der Waals surface area contributed by atoms with Gasteiger partial charge in [-0.15, -0.1) is 0 Å². The summed E-state index contributed by atoms with van der Waals surface area (Å²) in [6.45, 7) is 10.7. The molecule has 2 rings (SSSR count). The zero-order valence-electron chi connectivity index (χ0n) is 20.1. The zero-order valence-corrected chi connectivity index (χ0v) is 20.1. The number of nitrogens with zero attached hydrogens (tertiary/aromatic N) is 1. The third kappa shape index (κ3) is 7.59. The van der Waals surface area contributed by atoms with E-state index in [2.05, 4.69) is 11.4 Å². The number of benzene rings is 2. The summed E-state index contributed by atoms with van der Waals surface area (Å²) in [5, 5.41) is 2.97. The molecule has 2 amide bonds. The number of hydrogen-bond donors (Lipinski definition) is 1. The van der Waals surface area contributed by atoms with Crippen molar-refractivity contribution in [2.45, 2.75) is 53.6 Å². The van der Waals surface area contributed by atoms with E-state index < -0.39 is 6.04 Å². The van der Waals surface area contributed by atoms with Crippen LogP contribution in [0.15, 0.2) is 42.5 Å². The summed E-state index contributed by atoms with van der Waals surface area (Å²) in [4.78, 5) is 27.8. The molecule has 6 heteroatoms. The lowest BCUT2D eigenvalue weighted by Gasteiger charge is -2.31. The molecular formula is C26H36N2O4. The molecule has 0 aliphatic heterocycles. The van der Waals surface area contributed by atoms with Crippen molar-refractivity contribution in [3.05, 3.63) is 59.2 Å². The Bertz CT molecular complexity index is 873. The van der Waals surface area contributed by atoms with Crippen LogP contribution in [0.25, 0.3) is 0 Å². The Balaban J connectivity index is 2.21. The van der Waals surface area contributed by atoms with E-state index in [0.29, 0.717) is 31.2 Å². The Morgan fingerprint density at radius 3 is 2.16 bits per heavy atom. The van der Waals surface area contributed by atoms with Crippen molar-refractivity contribution < 1.29 is 19.1 Å². The van der Waals surface area contributed by atoms with Crippen LogP contribution in [-0.4, -0.2) is 43.0 Å². The summed E-state index contributed by atoms with van der Waals surface area (Å²) in [5.41, 5.74) is 3.06. The van der Waals surface area contributed by atoms with Crippen molar-refractivity contribution in [2.75, 3.05) is 20.3 Å². The maximum Gasteiger partial charge on any atom is 0.261 e. The van der Waals surface area contributed by atoms with E-state index in [1.54, 1.807) is 12.0 Å². The summed E-state index contributed by atoms with van der Waals surface area (Å²) >= 11 is 0. The standard InChI is InChI=1S/C26H36N2O4/c1-7-24(26(30)27-15-18(2)3)28(16-21-8-10-22(31-6)11-9-21)25(29)17-32-23-13-19(4)12-20(5)14-23/h8-14,18,24H,7,15-17H2,1-6H3,(H,27,30)/t24-/m0/s1.